The van der Waals surface area contributed by atoms with Crippen LogP contribution in [0.15, 0.2) is 11.6 Å². The fraction of sp³-hybridized carbons (Fsp3) is 0.765. The molecule has 126 valence electrons. The number of likely N-dealkylation sites (tertiary alicyclic amines) is 2. The van der Waals surface area contributed by atoms with Gasteiger partial charge in [-0.05, 0) is 38.5 Å². The van der Waals surface area contributed by atoms with Crippen molar-refractivity contribution >= 4 is 17.2 Å². The number of nitrogens with zero attached hydrogens (tertiary/aromatic N) is 3. The SMILES string of the molecule is O=C(C1CCC2(CCN(Cc3nccs3)CC2)O1)N1CCCC1. The van der Waals surface area contributed by atoms with Crippen molar-refractivity contribution in [1.29, 1.82) is 0 Å². The van der Waals surface area contributed by atoms with Crippen LogP contribution in [0.3, 0.4) is 0 Å². The molecular formula is C17H25N3O2S. The van der Waals surface area contributed by atoms with Gasteiger partial charge in [-0.3, -0.25) is 9.69 Å². The molecule has 6 heteroatoms. The zero-order valence-electron chi connectivity index (χ0n) is 13.6. The summed E-state index contributed by atoms with van der Waals surface area (Å²) in [5.41, 5.74) is -0.0422. The number of hydrogen-bond donors (Lipinski definition) is 0. The van der Waals surface area contributed by atoms with Crippen molar-refractivity contribution in [3.63, 3.8) is 0 Å². The smallest absolute Gasteiger partial charge is 0.251 e. The van der Waals surface area contributed by atoms with E-state index in [-0.39, 0.29) is 17.6 Å². The van der Waals surface area contributed by atoms with E-state index in [9.17, 15) is 4.79 Å². The highest BCUT2D eigenvalue weighted by Crippen LogP contribution is 2.39. The molecule has 0 aliphatic carbocycles. The summed E-state index contributed by atoms with van der Waals surface area (Å²) in [7, 11) is 0. The van der Waals surface area contributed by atoms with Crippen LogP contribution in [0, 0.1) is 0 Å². The molecule has 0 N–H and O–H groups in total. The van der Waals surface area contributed by atoms with E-state index in [1.165, 1.54) is 5.01 Å². The molecule has 1 atom stereocenters. The Bertz CT molecular complexity index is 534. The first kappa shape index (κ1) is 15.5. The van der Waals surface area contributed by atoms with Crippen molar-refractivity contribution < 1.29 is 9.53 Å². The molecule has 0 bridgehead atoms. The fourth-order valence-corrected chi connectivity index (χ4v) is 4.80. The summed E-state index contributed by atoms with van der Waals surface area (Å²) in [6.07, 6.45) is 8.03. The highest BCUT2D eigenvalue weighted by Gasteiger charge is 2.45. The maximum Gasteiger partial charge on any atom is 0.251 e. The van der Waals surface area contributed by atoms with Crippen molar-refractivity contribution in [3.8, 4) is 0 Å². The predicted octanol–water partition coefficient (Wildman–Crippen LogP) is 2.28. The van der Waals surface area contributed by atoms with Crippen LogP contribution in [-0.2, 0) is 16.1 Å². The number of piperidine rings is 1. The summed E-state index contributed by atoms with van der Waals surface area (Å²) in [5.74, 6) is 0.240. The van der Waals surface area contributed by atoms with Crippen LogP contribution < -0.4 is 0 Å². The monoisotopic (exact) mass is 335 g/mol. The second kappa shape index (κ2) is 6.49. The normalized spacial score (nSPS) is 27.8. The van der Waals surface area contributed by atoms with Crippen LogP contribution in [-0.4, -0.2) is 58.6 Å². The summed E-state index contributed by atoms with van der Waals surface area (Å²) in [5, 5.41) is 3.23. The van der Waals surface area contributed by atoms with Gasteiger partial charge in [0, 0.05) is 37.8 Å². The maximum absolute atomic E-state index is 12.5. The van der Waals surface area contributed by atoms with Gasteiger partial charge in [-0.2, -0.15) is 0 Å². The molecule has 0 saturated carbocycles. The van der Waals surface area contributed by atoms with Crippen molar-refractivity contribution in [1.82, 2.24) is 14.8 Å². The van der Waals surface area contributed by atoms with Crippen LogP contribution in [0.2, 0.25) is 0 Å². The summed E-state index contributed by atoms with van der Waals surface area (Å²) in [6.45, 7) is 4.89. The Morgan fingerprint density at radius 3 is 2.74 bits per heavy atom. The minimum absolute atomic E-state index is 0.0422. The number of ether oxygens (including phenoxy) is 1. The third-order valence-corrected chi connectivity index (χ3v) is 6.32. The highest BCUT2D eigenvalue weighted by molar-refractivity contribution is 7.09. The van der Waals surface area contributed by atoms with E-state index in [0.717, 1.165) is 71.2 Å². The molecular weight excluding hydrogens is 310 g/mol. The summed E-state index contributed by atoms with van der Waals surface area (Å²) in [4.78, 5) is 21.4. The first-order valence-corrected chi connectivity index (χ1v) is 9.69. The molecule has 1 amide bonds. The van der Waals surface area contributed by atoms with Gasteiger partial charge in [-0.15, -0.1) is 11.3 Å². The Morgan fingerprint density at radius 1 is 1.26 bits per heavy atom. The number of aromatic nitrogens is 1. The number of hydrogen-bond acceptors (Lipinski definition) is 5. The van der Waals surface area contributed by atoms with Gasteiger partial charge < -0.3 is 9.64 Å². The highest BCUT2D eigenvalue weighted by atomic mass is 32.1. The lowest BCUT2D eigenvalue weighted by atomic mass is 9.88. The van der Waals surface area contributed by atoms with Gasteiger partial charge in [0.25, 0.3) is 5.91 Å². The first-order valence-electron chi connectivity index (χ1n) is 8.81. The molecule has 5 nitrogen and oxygen atoms in total. The molecule has 0 aromatic carbocycles. The lowest BCUT2D eigenvalue weighted by Gasteiger charge is -2.39. The summed E-state index contributed by atoms with van der Waals surface area (Å²) < 4.78 is 6.32. The molecule has 1 aromatic heterocycles. The van der Waals surface area contributed by atoms with Gasteiger partial charge in [0.05, 0.1) is 12.1 Å². The van der Waals surface area contributed by atoms with Crippen LogP contribution in [0.1, 0.15) is 43.5 Å². The molecule has 1 spiro atoms. The van der Waals surface area contributed by atoms with Crippen molar-refractivity contribution in [2.75, 3.05) is 26.2 Å². The molecule has 1 aromatic rings. The fourth-order valence-electron chi connectivity index (χ4n) is 4.14. The molecule has 1 unspecified atom stereocenters. The largest absolute Gasteiger partial charge is 0.362 e. The van der Waals surface area contributed by atoms with E-state index in [1.807, 2.05) is 16.5 Å². The van der Waals surface area contributed by atoms with Crippen molar-refractivity contribution in [2.24, 2.45) is 0 Å². The second-order valence-corrected chi connectivity index (χ2v) is 8.04. The van der Waals surface area contributed by atoms with Gasteiger partial charge in [0.2, 0.25) is 0 Å². The molecule has 3 aliphatic rings. The standard InChI is InChI=1S/C17H25N3O2S/c21-16(20-8-1-2-9-20)14-3-4-17(22-14)5-10-19(11-6-17)13-15-18-7-12-23-15/h7,12,14H,1-6,8-11,13H2. The number of carbonyl (C=O) groups is 1. The Kier molecular flexibility index (Phi) is 4.39. The van der Waals surface area contributed by atoms with E-state index in [1.54, 1.807) is 11.3 Å². The average Bonchev–Trinajstić information content (AvgIpc) is 3.31. The van der Waals surface area contributed by atoms with E-state index >= 15 is 0 Å². The van der Waals surface area contributed by atoms with Gasteiger partial charge in [0.15, 0.2) is 0 Å². The number of rotatable bonds is 3. The van der Waals surface area contributed by atoms with Crippen LogP contribution in [0.5, 0.6) is 0 Å². The molecule has 3 fully saturated rings. The van der Waals surface area contributed by atoms with Crippen LogP contribution in [0.25, 0.3) is 0 Å². The van der Waals surface area contributed by atoms with Gasteiger partial charge in [0.1, 0.15) is 11.1 Å². The Balaban J connectivity index is 1.30. The molecule has 4 rings (SSSR count). The molecule has 23 heavy (non-hydrogen) atoms. The first-order chi connectivity index (χ1) is 11.2. The van der Waals surface area contributed by atoms with E-state index in [4.69, 9.17) is 4.74 Å². The quantitative estimate of drug-likeness (QED) is 0.850. The zero-order chi connectivity index (χ0) is 15.7. The molecule has 0 radical (unpaired) electrons. The minimum Gasteiger partial charge on any atom is -0.362 e. The Labute approximate surface area is 141 Å². The summed E-state index contributed by atoms with van der Waals surface area (Å²) in [6, 6.07) is 0. The predicted molar refractivity (Wildman–Crippen MR) is 89.3 cm³/mol. The Morgan fingerprint density at radius 2 is 2.04 bits per heavy atom. The van der Waals surface area contributed by atoms with Crippen molar-refractivity contribution in [3.05, 3.63) is 16.6 Å². The zero-order valence-corrected chi connectivity index (χ0v) is 14.4. The maximum atomic E-state index is 12.5. The second-order valence-electron chi connectivity index (χ2n) is 7.06. The van der Waals surface area contributed by atoms with E-state index < -0.39 is 0 Å². The van der Waals surface area contributed by atoms with Gasteiger partial charge in [-0.25, -0.2) is 4.98 Å². The molecule has 4 heterocycles. The number of carbonyl (C=O) groups excluding carboxylic acids is 1. The van der Waals surface area contributed by atoms with E-state index in [0.29, 0.717) is 0 Å². The minimum atomic E-state index is -0.182. The molecule has 3 aliphatic heterocycles. The lowest BCUT2D eigenvalue weighted by molar-refractivity contribution is -0.150. The lowest BCUT2D eigenvalue weighted by Crippen LogP contribution is -2.45. The third kappa shape index (κ3) is 3.30. The third-order valence-electron chi connectivity index (χ3n) is 5.56. The Hall–Kier alpha value is -0.980. The molecule has 3 saturated heterocycles. The van der Waals surface area contributed by atoms with Crippen LogP contribution in [0.4, 0.5) is 0 Å². The van der Waals surface area contributed by atoms with Gasteiger partial charge >= 0.3 is 0 Å². The summed E-state index contributed by atoms with van der Waals surface area (Å²) >= 11 is 1.72. The van der Waals surface area contributed by atoms with Crippen molar-refractivity contribution in [2.45, 2.75) is 56.8 Å². The number of amides is 1. The topological polar surface area (TPSA) is 45.7 Å². The van der Waals surface area contributed by atoms with Crippen LogP contribution >= 0.6 is 11.3 Å². The van der Waals surface area contributed by atoms with E-state index in [2.05, 4.69) is 9.88 Å². The van der Waals surface area contributed by atoms with Gasteiger partial charge in [-0.1, -0.05) is 0 Å². The average molecular weight is 335 g/mol. The number of thiazole rings is 1.